The maximum atomic E-state index is 12.1. The molecular formula is C13H11BrClN3O. The number of rotatable bonds is 2. The van der Waals surface area contributed by atoms with E-state index in [-0.39, 0.29) is 11.9 Å². The molecule has 1 amide bonds. The Hall–Kier alpha value is -1.46. The van der Waals surface area contributed by atoms with Crippen LogP contribution in [0.4, 0.5) is 5.95 Å². The van der Waals surface area contributed by atoms with E-state index in [1.807, 2.05) is 19.1 Å². The molecular weight excluding hydrogens is 330 g/mol. The molecule has 0 unspecified atom stereocenters. The summed E-state index contributed by atoms with van der Waals surface area (Å²) in [4.78, 5) is 20.2. The second-order valence-electron chi connectivity index (χ2n) is 4.09. The SMILES string of the molecule is Cc1ccc(C(=O)Nc2nc(C)cc(Cl)n2)c(Br)c1. The zero-order chi connectivity index (χ0) is 14.0. The average molecular weight is 341 g/mol. The summed E-state index contributed by atoms with van der Waals surface area (Å²) in [5.74, 6) is -0.0870. The van der Waals surface area contributed by atoms with Crippen molar-refractivity contribution in [3.8, 4) is 0 Å². The van der Waals surface area contributed by atoms with Crippen LogP contribution in [0.3, 0.4) is 0 Å². The van der Waals surface area contributed by atoms with Crippen molar-refractivity contribution in [2.45, 2.75) is 13.8 Å². The van der Waals surface area contributed by atoms with E-state index in [0.717, 1.165) is 10.0 Å². The Kier molecular flexibility index (Phi) is 4.17. The highest BCUT2D eigenvalue weighted by Crippen LogP contribution is 2.19. The van der Waals surface area contributed by atoms with Crippen LogP contribution < -0.4 is 5.32 Å². The van der Waals surface area contributed by atoms with Gasteiger partial charge in [-0.15, -0.1) is 0 Å². The lowest BCUT2D eigenvalue weighted by Gasteiger charge is -2.07. The van der Waals surface area contributed by atoms with Crippen molar-refractivity contribution >= 4 is 39.4 Å². The van der Waals surface area contributed by atoms with E-state index in [1.54, 1.807) is 19.1 Å². The molecule has 0 radical (unpaired) electrons. The minimum Gasteiger partial charge on any atom is -0.290 e. The van der Waals surface area contributed by atoms with Crippen molar-refractivity contribution < 1.29 is 4.79 Å². The zero-order valence-corrected chi connectivity index (χ0v) is 12.7. The summed E-state index contributed by atoms with van der Waals surface area (Å²) in [5, 5.41) is 2.92. The molecule has 0 spiro atoms. The number of nitrogens with zero attached hydrogens (tertiary/aromatic N) is 2. The first-order chi connectivity index (χ1) is 8.95. The van der Waals surface area contributed by atoms with Crippen molar-refractivity contribution in [3.05, 3.63) is 50.7 Å². The quantitative estimate of drug-likeness (QED) is 0.847. The van der Waals surface area contributed by atoms with Crippen LogP contribution in [0, 0.1) is 13.8 Å². The second kappa shape index (κ2) is 5.67. The molecule has 1 heterocycles. The Labute approximate surface area is 124 Å². The van der Waals surface area contributed by atoms with Gasteiger partial charge in [0, 0.05) is 10.2 Å². The predicted molar refractivity (Wildman–Crippen MR) is 78.6 cm³/mol. The number of nitrogens with one attached hydrogen (secondary N) is 1. The largest absolute Gasteiger partial charge is 0.290 e. The minimum absolute atomic E-state index is 0.197. The summed E-state index contributed by atoms with van der Waals surface area (Å²) in [6.45, 7) is 3.74. The summed E-state index contributed by atoms with van der Waals surface area (Å²) in [7, 11) is 0. The van der Waals surface area contributed by atoms with Gasteiger partial charge < -0.3 is 0 Å². The Morgan fingerprint density at radius 3 is 2.63 bits per heavy atom. The standard InChI is InChI=1S/C13H11BrClN3O/c1-7-3-4-9(10(14)5-7)12(19)18-13-16-8(2)6-11(15)17-13/h3-6H,1-2H3,(H,16,17,18,19). The monoisotopic (exact) mass is 339 g/mol. The number of benzene rings is 1. The molecule has 4 nitrogen and oxygen atoms in total. The van der Waals surface area contributed by atoms with Crippen LogP contribution in [0.15, 0.2) is 28.7 Å². The van der Waals surface area contributed by atoms with Crippen LogP contribution >= 0.6 is 27.5 Å². The molecule has 1 aromatic carbocycles. The summed E-state index contributed by atoms with van der Waals surface area (Å²) >= 11 is 9.18. The van der Waals surface area contributed by atoms with Crippen LogP contribution in [-0.4, -0.2) is 15.9 Å². The van der Waals surface area contributed by atoms with Crippen molar-refractivity contribution in [2.75, 3.05) is 5.32 Å². The number of carbonyl (C=O) groups is 1. The zero-order valence-electron chi connectivity index (χ0n) is 10.4. The van der Waals surface area contributed by atoms with Crippen LogP contribution in [0.1, 0.15) is 21.6 Å². The second-order valence-corrected chi connectivity index (χ2v) is 5.33. The number of carbonyl (C=O) groups excluding carboxylic acids is 1. The average Bonchev–Trinajstić information content (AvgIpc) is 2.26. The van der Waals surface area contributed by atoms with E-state index in [0.29, 0.717) is 16.4 Å². The third-order valence-corrected chi connectivity index (χ3v) is 3.27. The minimum atomic E-state index is -0.284. The number of hydrogen-bond donors (Lipinski definition) is 1. The Bertz CT molecular complexity index is 626. The first kappa shape index (κ1) is 14.0. The van der Waals surface area contributed by atoms with E-state index < -0.39 is 0 Å². The molecule has 0 bridgehead atoms. The van der Waals surface area contributed by atoms with E-state index in [2.05, 4.69) is 31.2 Å². The molecule has 98 valence electrons. The van der Waals surface area contributed by atoms with Crippen molar-refractivity contribution in [3.63, 3.8) is 0 Å². The maximum Gasteiger partial charge on any atom is 0.259 e. The number of amides is 1. The van der Waals surface area contributed by atoms with Gasteiger partial charge in [-0.3, -0.25) is 10.1 Å². The number of anilines is 1. The van der Waals surface area contributed by atoms with Gasteiger partial charge in [-0.05, 0) is 53.5 Å². The van der Waals surface area contributed by atoms with Gasteiger partial charge in [0.1, 0.15) is 5.15 Å². The highest BCUT2D eigenvalue weighted by Gasteiger charge is 2.12. The highest BCUT2D eigenvalue weighted by molar-refractivity contribution is 9.10. The van der Waals surface area contributed by atoms with E-state index in [1.165, 1.54) is 0 Å². The normalized spacial score (nSPS) is 10.3. The highest BCUT2D eigenvalue weighted by atomic mass is 79.9. The molecule has 0 aliphatic heterocycles. The van der Waals surface area contributed by atoms with Crippen LogP contribution in [0.5, 0.6) is 0 Å². The lowest BCUT2D eigenvalue weighted by atomic mass is 10.1. The fraction of sp³-hybridized carbons (Fsp3) is 0.154. The summed E-state index contributed by atoms with van der Waals surface area (Å²) in [6, 6.07) is 7.11. The molecule has 0 fully saturated rings. The van der Waals surface area contributed by atoms with Gasteiger partial charge >= 0.3 is 0 Å². The van der Waals surface area contributed by atoms with Gasteiger partial charge in [0.15, 0.2) is 0 Å². The lowest BCUT2D eigenvalue weighted by molar-refractivity contribution is 0.102. The summed E-state index contributed by atoms with van der Waals surface area (Å²) in [5.41, 5.74) is 2.28. The molecule has 19 heavy (non-hydrogen) atoms. The molecule has 1 aromatic heterocycles. The van der Waals surface area contributed by atoms with Crippen LogP contribution in [0.2, 0.25) is 5.15 Å². The maximum absolute atomic E-state index is 12.1. The first-order valence-electron chi connectivity index (χ1n) is 5.54. The lowest BCUT2D eigenvalue weighted by Crippen LogP contribution is -2.15. The molecule has 0 aliphatic carbocycles. The van der Waals surface area contributed by atoms with Gasteiger partial charge in [-0.25, -0.2) is 9.97 Å². The fourth-order valence-corrected chi connectivity index (χ4v) is 2.47. The molecule has 1 N–H and O–H groups in total. The van der Waals surface area contributed by atoms with Crippen molar-refractivity contribution in [2.24, 2.45) is 0 Å². The molecule has 2 rings (SSSR count). The van der Waals surface area contributed by atoms with Gasteiger partial charge in [-0.2, -0.15) is 0 Å². The number of hydrogen-bond acceptors (Lipinski definition) is 3. The summed E-state index contributed by atoms with van der Waals surface area (Å²) in [6.07, 6.45) is 0. The van der Waals surface area contributed by atoms with Crippen LogP contribution in [-0.2, 0) is 0 Å². The molecule has 2 aromatic rings. The molecule has 0 atom stereocenters. The summed E-state index contributed by atoms with van der Waals surface area (Å²) < 4.78 is 0.726. The molecule has 0 saturated carbocycles. The van der Waals surface area contributed by atoms with Crippen LogP contribution in [0.25, 0.3) is 0 Å². The molecule has 6 heteroatoms. The molecule has 0 saturated heterocycles. The predicted octanol–water partition coefficient (Wildman–Crippen LogP) is 3.76. The first-order valence-corrected chi connectivity index (χ1v) is 6.71. The van der Waals surface area contributed by atoms with Crippen molar-refractivity contribution in [1.29, 1.82) is 0 Å². The molecule has 0 aliphatic rings. The van der Waals surface area contributed by atoms with Gasteiger partial charge in [0.2, 0.25) is 5.95 Å². The number of aromatic nitrogens is 2. The number of halogens is 2. The number of aryl methyl sites for hydroxylation is 2. The Balaban J connectivity index is 2.25. The third kappa shape index (κ3) is 3.52. The van der Waals surface area contributed by atoms with E-state index in [4.69, 9.17) is 11.6 Å². The van der Waals surface area contributed by atoms with E-state index >= 15 is 0 Å². The van der Waals surface area contributed by atoms with E-state index in [9.17, 15) is 4.79 Å². The fourth-order valence-electron chi connectivity index (χ4n) is 1.56. The van der Waals surface area contributed by atoms with Gasteiger partial charge in [0.25, 0.3) is 5.91 Å². The Morgan fingerprint density at radius 1 is 1.26 bits per heavy atom. The Morgan fingerprint density at radius 2 is 2.00 bits per heavy atom. The van der Waals surface area contributed by atoms with Crippen molar-refractivity contribution in [1.82, 2.24) is 9.97 Å². The van der Waals surface area contributed by atoms with Gasteiger partial charge in [-0.1, -0.05) is 17.7 Å². The smallest absolute Gasteiger partial charge is 0.259 e. The van der Waals surface area contributed by atoms with Gasteiger partial charge in [0.05, 0.1) is 5.56 Å². The topological polar surface area (TPSA) is 54.9 Å². The third-order valence-electron chi connectivity index (χ3n) is 2.42.